The van der Waals surface area contributed by atoms with E-state index in [0.717, 1.165) is 200 Å². The first-order valence-corrected chi connectivity index (χ1v) is 33.8. The highest BCUT2D eigenvalue weighted by molar-refractivity contribution is 6.20. The number of hydrogen-bond acceptors (Lipinski definition) is 14. The molecule has 5 aliphatic carbocycles. The molecule has 476 valence electrons. The normalized spacial score (nSPS) is 17.2. The maximum atomic E-state index is 13.6. The van der Waals surface area contributed by atoms with Gasteiger partial charge >= 0.3 is 0 Å². The molecule has 2 saturated carbocycles. The van der Waals surface area contributed by atoms with Crippen molar-refractivity contribution in [2.24, 2.45) is 11.8 Å². The Hall–Kier alpha value is -9.14. The number of fused-ring (bicyclic) bond motifs is 15. The second-order valence-corrected chi connectivity index (χ2v) is 27.0. The van der Waals surface area contributed by atoms with Crippen LogP contribution in [0.15, 0.2) is 55.0 Å². The Morgan fingerprint density at radius 3 is 1.09 bits per heavy atom. The number of aliphatic hydroxyl groups excluding tert-OH is 1. The molecule has 20 nitrogen and oxygen atoms in total. The van der Waals surface area contributed by atoms with Crippen molar-refractivity contribution >= 4 is 82.8 Å². The molecule has 12 aromatic rings. The van der Waals surface area contributed by atoms with Crippen LogP contribution < -0.4 is 0 Å². The van der Waals surface area contributed by atoms with Crippen molar-refractivity contribution in [2.45, 2.75) is 168 Å². The van der Waals surface area contributed by atoms with Gasteiger partial charge < -0.3 is 10.0 Å². The standard InChI is InChI=1S/C28H34N6O.C23H23N5O.C22H23N5O2/c1-16-21(15-29-31-16)27-20-7-5-4-6-19(20)25-22(30-27)12-13-23-26(25)28(33-32-23)24(35)14-17-8-10-18(11-9-17)34(2)3;1-12-16(11-24-26-12)22-15-5-3-2-4-14(15)20-17(25-22)8-9-18-21(20)23(28-27-18)19(29)10-13-6-7-13;1-12-15(11-23-25-12)21-14-6-3-2-5-13(14)19-16(24-21)8-9-17-20(19)22(27-26-17)18(29)7-4-10-28/h12-13,15,17-18H,4-11,14H2,1-3H3,(H,29,31)(H,32,33);8-9,11,13H,2-7,10H2,1H3,(H,24,26)(H,27,28);8-9,11,28H,2-7,10H2,1H3,(H,23,25)(H,26,27). The van der Waals surface area contributed by atoms with E-state index >= 15 is 0 Å². The maximum Gasteiger partial charge on any atom is 0.183 e. The number of aryl methyl sites for hydroxylation is 6. The summed E-state index contributed by atoms with van der Waals surface area (Å²) in [6.45, 7) is 6.10. The summed E-state index contributed by atoms with van der Waals surface area (Å²) in [5.74, 6) is 1.27. The Balaban J connectivity index is 0.000000116. The van der Waals surface area contributed by atoms with Gasteiger partial charge in [0.1, 0.15) is 17.1 Å². The minimum Gasteiger partial charge on any atom is -0.396 e. The second kappa shape index (κ2) is 25.1. The van der Waals surface area contributed by atoms with Crippen LogP contribution in [0.1, 0.15) is 185 Å². The number of pyridine rings is 3. The third kappa shape index (κ3) is 11.1. The number of carbonyl (C=O) groups excluding carboxylic acids is 3. The van der Waals surface area contributed by atoms with E-state index in [-0.39, 0.29) is 30.4 Å². The molecule has 2 fully saturated rings. The van der Waals surface area contributed by atoms with Crippen molar-refractivity contribution in [3.8, 4) is 33.8 Å². The number of rotatable bonds is 14. The van der Waals surface area contributed by atoms with E-state index in [9.17, 15) is 14.4 Å². The first-order chi connectivity index (χ1) is 45.4. The predicted molar refractivity (Wildman–Crippen MR) is 362 cm³/mol. The van der Waals surface area contributed by atoms with Crippen LogP contribution in [0.3, 0.4) is 0 Å². The van der Waals surface area contributed by atoms with Crippen molar-refractivity contribution in [1.29, 1.82) is 0 Å². The SMILES string of the molecule is Cc1[nH]ncc1-c1nc2ccc3[nH]nc(C(=O)CC4CC4)c3c2c2c1CCCC2.Cc1[nH]ncc1-c1nc2ccc3[nH]nc(C(=O)CC4CCC(N(C)C)CC4)c3c2c2c1CCCC2.Cc1[nH]ncc1-c1nc2ccc3[nH]nc(C(=O)CCCO)c3c2c2c1CCCC2. The second-order valence-electron chi connectivity index (χ2n) is 27.0. The molecule has 0 radical (unpaired) electrons. The van der Waals surface area contributed by atoms with Gasteiger partial charge in [0.05, 0.1) is 68.8 Å². The molecule has 0 amide bonds. The maximum absolute atomic E-state index is 13.6. The highest BCUT2D eigenvalue weighted by atomic mass is 16.3. The van der Waals surface area contributed by atoms with Crippen LogP contribution >= 0.6 is 0 Å². The molecule has 9 heterocycles. The average Bonchev–Trinajstić information content (AvgIpc) is 1.77. The Labute approximate surface area is 537 Å². The van der Waals surface area contributed by atoms with Crippen LogP contribution in [0.5, 0.6) is 0 Å². The number of aliphatic hydroxyl groups is 1. The molecule has 0 atom stereocenters. The van der Waals surface area contributed by atoms with Gasteiger partial charge in [0.25, 0.3) is 0 Å². The molecule has 0 saturated heterocycles. The summed E-state index contributed by atoms with van der Waals surface area (Å²) in [4.78, 5) is 56.9. The fourth-order valence-corrected chi connectivity index (χ4v) is 15.7. The Bertz CT molecular complexity index is 4890. The topological polar surface area (TPSA) is 285 Å². The number of aromatic amines is 6. The number of ketones is 3. The lowest BCUT2D eigenvalue weighted by Gasteiger charge is -2.32. The zero-order valence-electron chi connectivity index (χ0n) is 53.8. The molecule has 3 aromatic carbocycles. The third-order valence-corrected chi connectivity index (χ3v) is 20.8. The number of Topliss-reactive ketones (excluding diaryl/α,β-unsaturated/α-hetero) is 3. The summed E-state index contributed by atoms with van der Waals surface area (Å²) in [6, 6.07) is 12.7. The van der Waals surface area contributed by atoms with Crippen LogP contribution in [0.25, 0.3) is 99.2 Å². The number of aromatic nitrogens is 15. The van der Waals surface area contributed by atoms with Gasteiger partial charge in [0.15, 0.2) is 17.3 Å². The number of benzene rings is 3. The van der Waals surface area contributed by atoms with E-state index in [2.05, 4.69) is 92.3 Å². The van der Waals surface area contributed by atoms with Crippen LogP contribution in [0.2, 0.25) is 0 Å². The summed E-state index contributed by atoms with van der Waals surface area (Å²) in [5, 5.41) is 59.6. The lowest BCUT2D eigenvalue weighted by Crippen LogP contribution is -2.32. The van der Waals surface area contributed by atoms with E-state index in [1.807, 2.05) is 63.6 Å². The molecule has 0 bridgehead atoms. The molecular weight excluding hydrogens is 1160 g/mol. The van der Waals surface area contributed by atoms with Crippen molar-refractivity contribution in [1.82, 2.24) is 81.0 Å². The number of hydrogen-bond donors (Lipinski definition) is 7. The lowest BCUT2D eigenvalue weighted by molar-refractivity contribution is 0.0929. The minimum absolute atomic E-state index is 0.000786. The highest BCUT2D eigenvalue weighted by Crippen LogP contribution is 2.44. The van der Waals surface area contributed by atoms with E-state index in [1.54, 1.807) is 0 Å². The van der Waals surface area contributed by atoms with Gasteiger partial charge in [-0.3, -0.25) is 45.0 Å². The van der Waals surface area contributed by atoms with Gasteiger partial charge in [-0.05, 0) is 238 Å². The van der Waals surface area contributed by atoms with Crippen molar-refractivity contribution in [3.05, 3.63) is 123 Å². The minimum atomic E-state index is -0.0443. The van der Waals surface area contributed by atoms with Crippen LogP contribution in [0, 0.1) is 32.6 Å². The van der Waals surface area contributed by atoms with Gasteiger partial charge in [0, 0.05) is 98.0 Å². The summed E-state index contributed by atoms with van der Waals surface area (Å²) in [7, 11) is 4.32. The molecule has 9 aromatic heterocycles. The highest BCUT2D eigenvalue weighted by Gasteiger charge is 2.32. The summed E-state index contributed by atoms with van der Waals surface area (Å²) in [6.07, 6.45) is 27.3. The number of carbonyl (C=O) groups is 3. The Morgan fingerprint density at radius 1 is 0.441 bits per heavy atom. The molecule has 5 aliphatic rings. The molecule has 93 heavy (non-hydrogen) atoms. The third-order valence-electron chi connectivity index (χ3n) is 20.8. The molecule has 17 rings (SSSR count). The predicted octanol–water partition coefficient (Wildman–Crippen LogP) is 13.7. The van der Waals surface area contributed by atoms with Gasteiger partial charge in [-0.2, -0.15) is 30.6 Å². The van der Waals surface area contributed by atoms with E-state index in [0.29, 0.717) is 54.2 Å². The van der Waals surface area contributed by atoms with Gasteiger partial charge in [-0.25, -0.2) is 15.0 Å². The van der Waals surface area contributed by atoms with Crippen molar-refractivity contribution in [2.75, 3.05) is 20.7 Å². The van der Waals surface area contributed by atoms with E-state index in [1.165, 1.54) is 65.5 Å². The monoisotopic (exact) mass is 1240 g/mol. The van der Waals surface area contributed by atoms with Crippen LogP contribution in [0.4, 0.5) is 0 Å². The van der Waals surface area contributed by atoms with E-state index in [4.69, 9.17) is 20.1 Å². The zero-order valence-corrected chi connectivity index (χ0v) is 53.8. The Morgan fingerprint density at radius 2 is 0.774 bits per heavy atom. The number of nitrogens with one attached hydrogen (secondary N) is 6. The quantitative estimate of drug-likeness (QED) is 0.0499. The first-order valence-electron chi connectivity index (χ1n) is 33.8. The van der Waals surface area contributed by atoms with E-state index < -0.39 is 0 Å². The lowest BCUT2D eigenvalue weighted by atomic mass is 9.82. The number of H-pyrrole nitrogens is 6. The molecule has 7 N–H and O–H groups in total. The largest absolute Gasteiger partial charge is 0.396 e. The molecule has 0 unspecified atom stereocenters. The number of nitrogens with zero attached hydrogens (tertiary/aromatic N) is 10. The molecule has 0 spiro atoms. The van der Waals surface area contributed by atoms with Crippen molar-refractivity contribution in [3.63, 3.8) is 0 Å². The van der Waals surface area contributed by atoms with Gasteiger partial charge in [-0.15, -0.1) is 0 Å². The first kappa shape index (κ1) is 60.1. The molecule has 0 aliphatic heterocycles. The summed E-state index contributed by atoms with van der Waals surface area (Å²) < 4.78 is 0. The summed E-state index contributed by atoms with van der Waals surface area (Å²) >= 11 is 0. The van der Waals surface area contributed by atoms with Crippen LogP contribution in [-0.2, 0) is 38.5 Å². The fourth-order valence-electron chi connectivity index (χ4n) is 15.7. The smallest absolute Gasteiger partial charge is 0.183 e. The zero-order chi connectivity index (χ0) is 63.6. The van der Waals surface area contributed by atoms with Gasteiger partial charge in [-0.1, -0.05) is 0 Å². The molecular formula is C73H80N16O4. The molecule has 20 heteroatoms. The average molecular weight is 1250 g/mol. The van der Waals surface area contributed by atoms with Crippen molar-refractivity contribution < 1.29 is 19.5 Å². The van der Waals surface area contributed by atoms with Gasteiger partial charge in [0.2, 0.25) is 0 Å². The summed E-state index contributed by atoms with van der Waals surface area (Å²) in [5.41, 5.74) is 24.3. The fraction of sp³-hybridized carbons (Fsp3) is 0.425. The Kier molecular flexibility index (Phi) is 16.2. The van der Waals surface area contributed by atoms with Crippen LogP contribution in [-0.4, -0.2) is 130 Å².